The number of para-hydroxylation sites is 1. The molecule has 4 heterocycles. The molecule has 6 rings (SSSR count). The van der Waals surface area contributed by atoms with Crippen molar-refractivity contribution < 1.29 is 19.5 Å². The quantitative estimate of drug-likeness (QED) is 0.320. The highest BCUT2D eigenvalue weighted by Crippen LogP contribution is 2.37. The summed E-state index contributed by atoms with van der Waals surface area (Å²) in [4.78, 5) is 30.4. The molecular weight excluding hydrogens is 550 g/mol. The van der Waals surface area contributed by atoms with E-state index in [1.165, 1.54) is 0 Å². The van der Waals surface area contributed by atoms with Crippen LogP contribution >= 0.6 is 15.9 Å². The number of piperazine rings is 1. The molecule has 3 aliphatic rings. The molecule has 2 bridgehead atoms. The van der Waals surface area contributed by atoms with Gasteiger partial charge >= 0.3 is 6.09 Å². The highest BCUT2D eigenvalue weighted by Gasteiger charge is 2.46. The van der Waals surface area contributed by atoms with E-state index in [-0.39, 0.29) is 18.0 Å². The van der Waals surface area contributed by atoms with Crippen LogP contribution in [0.1, 0.15) is 38.3 Å². The molecule has 0 saturated carbocycles. The van der Waals surface area contributed by atoms with Gasteiger partial charge in [-0.25, -0.2) is 9.79 Å². The summed E-state index contributed by atoms with van der Waals surface area (Å²) in [6.07, 6.45) is 0.722. The topological polar surface area (TPSA) is 103 Å². The maximum Gasteiger partial charge on any atom is 0.410 e. The van der Waals surface area contributed by atoms with Gasteiger partial charge in [0.05, 0.1) is 11.3 Å². The standard InChI is InChI=1S/C28H30BrN5O4/c1-28(2,3)38-27(36)34-15-17-13-18(34)14-33(17)10-11-37-32-24-19-6-4-5-7-21(19)30-25(24)23-20-12-16(29)8-9-22(20)31-26(23)35/h4-9,12,17-18,31,35H,10-11,13-15H2,1-3H3/t17-,18-/m0/s1. The number of hydrogen-bond acceptors (Lipinski definition) is 7. The first kappa shape index (κ1) is 24.9. The summed E-state index contributed by atoms with van der Waals surface area (Å²) in [6, 6.07) is 14.0. The van der Waals surface area contributed by atoms with Crippen LogP contribution in [0, 0.1) is 0 Å². The summed E-state index contributed by atoms with van der Waals surface area (Å²) in [5.74, 6) is 0.0417. The number of fused-ring (bicyclic) bond motifs is 4. The minimum atomic E-state index is -0.493. The molecule has 0 aliphatic carbocycles. The first-order chi connectivity index (χ1) is 18.2. The molecule has 0 spiro atoms. The molecule has 1 amide bonds. The van der Waals surface area contributed by atoms with Gasteiger partial charge in [-0.1, -0.05) is 39.3 Å². The molecule has 1 aromatic heterocycles. The zero-order chi connectivity index (χ0) is 26.6. The number of oxime groups is 1. The fourth-order valence-corrected chi connectivity index (χ4v) is 5.93. The number of halogens is 1. The van der Waals surface area contributed by atoms with Gasteiger partial charge in [0.25, 0.3) is 0 Å². The molecule has 2 aromatic carbocycles. The summed E-state index contributed by atoms with van der Waals surface area (Å²) in [5.41, 5.74) is 3.72. The summed E-state index contributed by atoms with van der Waals surface area (Å²) < 4.78 is 6.47. The lowest BCUT2D eigenvalue weighted by Crippen LogP contribution is -2.50. The molecule has 0 radical (unpaired) electrons. The summed E-state index contributed by atoms with van der Waals surface area (Å²) >= 11 is 3.53. The zero-order valence-corrected chi connectivity index (χ0v) is 23.2. The van der Waals surface area contributed by atoms with E-state index in [4.69, 9.17) is 14.6 Å². The molecule has 3 aromatic rings. The van der Waals surface area contributed by atoms with E-state index in [0.717, 1.165) is 39.6 Å². The van der Waals surface area contributed by atoms with Crippen molar-refractivity contribution >= 4 is 50.0 Å². The van der Waals surface area contributed by atoms with Gasteiger partial charge in [0.1, 0.15) is 23.6 Å². The van der Waals surface area contributed by atoms with Crippen LogP contribution in [0.5, 0.6) is 5.88 Å². The van der Waals surface area contributed by atoms with Gasteiger partial charge in [0, 0.05) is 52.7 Å². The van der Waals surface area contributed by atoms with E-state index >= 15 is 0 Å². The number of amides is 1. The first-order valence-electron chi connectivity index (χ1n) is 12.8. The van der Waals surface area contributed by atoms with Crippen molar-refractivity contribution in [1.82, 2.24) is 14.8 Å². The maximum absolute atomic E-state index is 12.5. The molecule has 2 fully saturated rings. The van der Waals surface area contributed by atoms with Crippen molar-refractivity contribution in [1.29, 1.82) is 0 Å². The number of likely N-dealkylation sites (tertiary alicyclic amines) is 2. The molecule has 10 heteroatoms. The van der Waals surface area contributed by atoms with Crippen molar-refractivity contribution in [3.05, 3.63) is 58.1 Å². The fraction of sp³-hybridized carbons (Fsp3) is 0.393. The van der Waals surface area contributed by atoms with Gasteiger partial charge in [-0.2, -0.15) is 0 Å². The van der Waals surface area contributed by atoms with Crippen molar-refractivity contribution in [2.45, 2.75) is 44.9 Å². The average Bonchev–Trinajstić information content (AvgIpc) is 3.61. The third-order valence-electron chi connectivity index (χ3n) is 7.20. The summed E-state index contributed by atoms with van der Waals surface area (Å²) in [5, 5.41) is 16.2. The molecule has 2 saturated heterocycles. The van der Waals surface area contributed by atoms with Gasteiger partial charge < -0.3 is 24.6 Å². The lowest BCUT2D eigenvalue weighted by Gasteiger charge is -2.34. The van der Waals surface area contributed by atoms with Crippen molar-refractivity contribution in [2.24, 2.45) is 10.1 Å². The molecule has 3 aliphatic heterocycles. The first-order valence-corrected chi connectivity index (χ1v) is 13.6. The van der Waals surface area contributed by atoms with Gasteiger partial charge in [-0.3, -0.25) is 4.90 Å². The second-order valence-electron chi connectivity index (χ2n) is 11.0. The third-order valence-corrected chi connectivity index (χ3v) is 7.69. The van der Waals surface area contributed by atoms with Gasteiger partial charge in [-0.05, 0) is 51.5 Å². The predicted molar refractivity (Wildman–Crippen MR) is 149 cm³/mol. The number of aromatic nitrogens is 1. The Morgan fingerprint density at radius 1 is 1.21 bits per heavy atom. The number of rotatable bonds is 5. The number of carbonyl (C=O) groups is 1. The van der Waals surface area contributed by atoms with E-state index in [1.54, 1.807) is 0 Å². The molecule has 0 unspecified atom stereocenters. The number of carbonyl (C=O) groups excluding carboxylic acids is 1. The normalized spacial score (nSPS) is 21.8. The second kappa shape index (κ2) is 9.43. The predicted octanol–water partition coefficient (Wildman–Crippen LogP) is 5.18. The molecule has 9 nitrogen and oxygen atoms in total. The van der Waals surface area contributed by atoms with Crippen LogP contribution in [0.15, 0.2) is 57.1 Å². The summed E-state index contributed by atoms with van der Waals surface area (Å²) in [7, 11) is 0. The largest absolute Gasteiger partial charge is 0.494 e. The number of aromatic hydroxyl groups is 1. The highest BCUT2D eigenvalue weighted by molar-refractivity contribution is 9.10. The lowest BCUT2D eigenvalue weighted by molar-refractivity contribution is 0.0104. The van der Waals surface area contributed by atoms with E-state index in [0.29, 0.717) is 42.7 Å². The highest BCUT2D eigenvalue weighted by atomic mass is 79.9. The van der Waals surface area contributed by atoms with Crippen LogP contribution in [0.3, 0.4) is 0 Å². The van der Waals surface area contributed by atoms with E-state index in [2.05, 4.69) is 31.0 Å². The van der Waals surface area contributed by atoms with Crippen LogP contribution in [0.2, 0.25) is 0 Å². The molecular formula is C28H30BrN5O4. The Kier molecular flexibility index (Phi) is 6.19. The fourth-order valence-electron chi connectivity index (χ4n) is 5.56. The Hall–Kier alpha value is -3.37. The Labute approximate surface area is 229 Å². The maximum atomic E-state index is 12.5. The number of ether oxygens (including phenoxy) is 1. The molecule has 198 valence electrons. The number of aliphatic imine (C=N–C) groups is 1. The van der Waals surface area contributed by atoms with Gasteiger partial charge in [0.15, 0.2) is 5.88 Å². The third kappa shape index (κ3) is 4.56. The van der Waals surface area contributed by atoms with Crippen molar-refractivity contribution in [3.8, 4) is 5.88 Å². The van der Waals surface area contributed by atoms with E-state index in [9.17, 15) is 9.90 Å². The Bertz CT molecular complexity index is 1470. The number of nitrogens with zero attached hydrogens (tertiary/aromatic N) is 4. The Morgan fingerprint density at radius 2 is 2.03 bits per heavy atom. The number of aromatic amines is 1. The Morgan fingerprint density at radius 3 is 2.79 bits per heavy atom. The monoisotopic (exact) mass is 579 g/mol. The van der Waals surface area contributed by atoms with Crippen LogP contribution in [-0.4, -0.2) is 81.3 Å². The van der Waals surface area contributed by atoms with Crippen molar-refractivity contribution in [2.75, 3.05) is 26.2 Å². The van der Waals surface area contributed by atoms with Crippen LogP contribution in [0.4, 0.5) is 10.5 Å². The minimum Gasteiger partial charge on any atom is -0.494 e. The van der Waals surface area contributed by atoms with Crippen LogP contribution < -0.4 is 0 Å². The van der Waals surface area contributed by atoms with E-state index in [1.807, 2.05) is 68.1 Å². The number of nitrogens with one attached hydrogen (secondary N) is 1. The number of H-pyrrole nitrogens is 1. The summed E-state index contributed by atoms with van der Waals surface area (Å²) in [6.45, 7) is 8.26. The molecule has 2 N–H and O–H groups in total. The molecule has 38 heavy (non-hydrogen) atoms. The van der Waals surface area contributed by atoms with Gasteiger partial charge in [0.2, 0.25) is 0 Å². The smallest absolute Gasteiger partial charge is 0.410 e. The second-order valence-corrected chi connectivity index (χ2v) is 11.9. The minimum absolute atomic E-state index is 0.0417. The SMILES string of the molecule is CC(C)(C)OC(=O)N1C[C@@H]2C[C@H]1CN2CCON=C1C(c2c(O)[nH]c3ccc(Br)cc23)=Nc2ccccc21. The van der Waals surface area contributed by atoms with Crippen LogP contribution in [-0.2, 0) is 9.57 Å². The van der Waals surface area contributed by atoms with Crippen molar-refractivity contribution in [3.63, 3.8) is 0 Å². The lowest BCUT2D eigenvalue weighted by atomic mass is 10.0. The van der Waals surface area contributed by atoms with Crippen LogP contribution in [0.25, 0.3) is 10.9 Å². The Balaban J connectivity index is 1.15. The van der Waals surface area contributed by atoms with Gasteiger partial charge in [-0.15, -0.1) is 0 Å². The molecule has 2 atom stereocenters. The average molecular weight is 580 g/mol. The zero-order valence-electron chi connectivity index (χ0n) is 21.6. The number of benzene rings is 2. The number of hydrogen-bond donors (Lipinski definition) is 2. The van der Waals surface area contributed by atoms with E-state index < -0.39 is 5.60 Å².